The number of halogens is 1. The number of H-pyrrole nitrogens is 1. The molecule has 1 aromatic carbocycles. The third-order valence-corrected chi connectivity index (χ3v) is 6.15. The highest BCUT2D eigenvalue weighted by Crippen LogP contribution is 2.29. The molecule has 0 spiro atoms. The topological polar surface area (TPSA) is 58.9 Å². The highest BCUT2D eigenvalue weighted by atomic mass is 32.1. The highest BCUT2D eigenvalue weighted by molar-refractivity contribution is 7.71. The van der Waals surface area contributed by atoms with Crippen LogP contribution in [0, 0.1) is 24.4 Å². The summed E-state index contributed by atoms with van der Waals surface area (Å²) in [5.41, 5.74) is 3.13. The summed E-state index contributed by atoms with van der Waals surface area (Å²) in [5, 5.41) is 7.18. The van der Waals surface area contributed by atoms with Crippen LogP contribution in [0.25, 0.3) is 5.69 Å². The first kappa shape index (κ1) is 19.6. The van der Waals surface area contributed by atoms with Crippen LogP contribution >= 0.6 is 12.2 Å². The summed E-state index contributed by atoms with van der Waals surface area (Å²) in [7, 11) is 1.92. The molecular weight excluding hydrogens is 389 g/mol. The summed E-state index contributed by atoms with van der Waals surface area (Å²) in [4.78, 5) is 15.1. The third-order valence-electron chi connectivity index (χ3n) is 5.79. The smallest absolute Gasteiger partial charge is 0.255 e. The van der Waals surface area contributed by atoms with Gasteiger partial charge in [0.05, 0.1) is 5.56 Å². The third kappa shape index (κ3) is 3.53. The first-order chi connectivity index (χ1) is 13.9. The van der Waals surface area contributed by atoms with E-state index in [2.05, 4.69) is 10.2 Å². The second kappa shape index (κ2) is 7.59. The molecule has 1 aliphatic rings. The van der Waals surface area contributed by atoms with E-state index >= 15 is 0 Å². The Bertz CT molecular complexity index is 1120. The minimum absolute atomic E-state index is 0.0227. The average molecular weight is 414 g/mol. The molecule has 152 valence electrons. The molecule has 4 rings (SSSR count). The van der Waals surface area contributed by atoms with Crippen molar-refractivity contribution in [3.63, 3.8) is 0 Å². The van der Waals surface area contributed by atoms with Crippen molar-refractivity contribution in [1.29, 1.82) is 0 Å². The van der Waals surface area contributed by atoms with Crippen molar-refractivity contribution in [2.45, 2.75) is 32.6 Å². The zero-order valence-electron chi connectivity index (χ0n) is 16.8. The number of carbonyl (C=O) groups is 1. The normalized spacial score (nSPS) is 15.1. The maximum atomic E-state index is 13.7. The lowest BCUT2D eigenvalue weighted by molar-refractivity contribution is 0.0709. The van der Waals surface area contributed by atoms with E-state index in [0.29, 0.717) is 23.4 Å². The number of nitrogens with one attached hydrogen (secondary N) is 1. The molecule has 1 amide bonds. The summed E-state index contributed by atoms with van der Waals surface area (Å²) < 4.78 is 18.1. The molecule has 0 unspecified atom stereocenters. The molecule has 2 aromatic heterocycles. The van der Waals surface area contributed by atoms with Gasteiger partial charge in [0, 0.05) is 43.1 Å². The van der Waals surface area contributed by atoms with Crippen molar-refractivity contribution >= 4 is 18.1 Å². The number of benzene rings is 1. The molecule has 8 heteroatoms. The second-order valence-corrected chi connectivity index (χ2v) is 8.00. The zero-order chi connectivity index (χ0) is 20.7. The van der Waals surface area contributed by atoms with Crippen LogP contribution in [0.2, 0.25) is 0 Å². The van der Waals surface area contributed by atoms with E-state index in [1.807, 2.05) is 47.1 Å². The molecule has 3 heterocycles. The van der Waals surface area contributed by atoms with Crippen molar-refractivity contribution < 1.29 is 9.18 Å². The van der Waals surface area contributed by atoms with Crippen LogP contribution in [-0.2, 0) is 7.05 Å². The molecule has 0 radical (unpaired) electrons. The molecule has 3 aromatic rings. The van der Waals surface area contributed by atoms with E-state index < -0.39 is 0 Å². The number of rotatable bonds is 3. The predicted molar refractivity (Wildman–Crippen MR) is 111 cm³/mol. The maximum absolute atomic E-state index is 13.7. The Morgan fingerprint density at radius 3 is 2.59 bits per heavy atom. The van der Waals surface area contributed by atoms with Crippen LogP contribution in [0.3, 0.4) is 0 Å². The van der Waals surface area contributed by atoms with Crippen LogP contribution in [-0.4, -0.2) is 43.2 Å². The lowest BCUT2D eigenvalue weighted by Gasteiger charge is -2.31. The van der Waals surface area contributed by atoms with Crippen LogP contribution in [0.4, 0.5) is 4.39 Å². The van der Waals surface area contributed by atoms with E-state index in [0.717, 1.165) is 35.7 Å². The van der Waals surface area contributed by atoms with Crippen molar-refractivity contribution in [2.75, 3.05) is 13.1 Å². The molecule has 1 N–H and O–H groups in total. The van der Waals surface area contributed by atoms with Gasteiger partial charge >= 0.3 is 0 Å². The molecule has 0 bridgehead atoms. The lowest BCUT2D eigenvalue weighted by Crippen LogP contribution is -2.38. The van der Waals surface area contributed by atoms with Gasteiger partial charge in [0.1, 0.15) is 11.6 Å². The zero-order valence-corrected chi connectivity index (χ0v) is 17.6. The summed E-state index contributed by atoms with van der Waals surface area (Å²) >= 11 is 5.20. The largest absolute Gasteiger partial charge is 0.339 e. The minimum atomic E-state index is -0.293. The van der Waals surface area contributed by atoms with Crippen LogP contribution in [0.15, 0.2) is 30.3 Å². The summed E-state index contributed by atoms with van der Waals surface area (Å²) in [5.74, 6) is 0.969. The Morgan fingerprint density at radius 1 is 1.24 bits per heavy atom. The van der Waals surface area contributed by atoms with Gasteiger partial charge in [-0.3, -0.25) is 9.89 Å². The Kier molecular flexibility index (Phi) is 5.12. The van der Waals surface area contributed by atoms with Gasteiger partial charge in [-0.05, 0) is 63.2 Å². The van der Waals surface area contributed by atoms with Gasteiger partial charge in [0.15, 0.2) is 4.77 Å². The Morgan fingerprint density at radius 2 is 1.97 bits per heavy atom. The standard InChI is InChI=1S/C21H24FN5OS/c1-13-11-18(14(2)27(13)17-6-4-5-16(22)12-17)20(28)26-9-7-15(8-10-26)19-23-24-21(29)25(19)3/h4-6,11-12,15H,7-10H2,1-3H3,(H,24,29). The number of amides is 1. The predicted octanol–water partition coefficient (Wildman–Crippen LogP) is 4.04. The van der Waals surface area contributed by atoms with E-state index in [1.165, 1.54) is 12.1 Å². The van der Waals surface area contributed by atoms with Crippen molar-refractivity contribution in [3.05, 3.63) is 63.7 Å². The van der Waals surface area contributed by atoms with Crippen LogP contribution < -0.4 is 0 Å². The molecule has 1 fully saturated rings. The van der Waals surface area contributed by atoms with Gasteiger partial charge in [-0.15, -0.1) is 0 Å². The Labute approximate surface area is 174 Å². The van der Waals surface area contributed by atoms with E-state index in [-0.39, 0.29) is 17.6 Å². The molecule has 29 heavy (non-hydrogen) atoms. The number of carbonyl (C=O) groups excluding carboxylic acids is 1. The first-order valence-electron chi connectivity index (χ1n) is 9.72. The molecule has 1 aliphatic heterocycles. The van der Waals surface area contributed by atoms with Crippen molar-refractivity contribution in [1.82, 2.24) is 24.2 Å². The van der Waals surface area contributed by atoms with Gasteiger partial charge in [-0.25, -0.2) is 4.39 Å². The number of aryl methyl sites for hydroxylation is 1. The SMILES string of the molecule is Cc1cc(C(=O)N2CCC(c3n[nH]c(=S)n3C)CC2)c(C)n1-c1cccc(F)c1. The van der Waals surface area contributed by atoms with Gasteiger partial charge < -0.3 is 14.0 Å². The molecule has 6 nitrogen and oxygen atoms in total. The maximum Gasteiger partial charge on any atom is 0.255 e. The van der Waals surface area contributed by atoms with Gasteiger partial charge in [0.25, 0.3) is 5.91 Å². The number of hydrogen-bond acceptors (Lipinski definition) is 3. The number of aromatic amines is 1. The van der Waals surface area contributed by atoms with E-state index in [9.17, 15) is 9.18 Å². The lowest BCUT2D eigenvalue weighted by atomic mass is 9.95. The fraction of sp³-hybridized carbons (Fsp3) is 0.381. The van der Waals surface area contributed by atoms with E-state index in [1.54, 1.807) is 6.07 Å². The molecule has 0 aliphatic carbocycles. The Hall–Kier alpha value is -2.74. The number of piperidine rings is 1. The Balaban J connectivity index is 1.53. The average Bonchev–Trinajstić information content (AvgIpc) is 3.20. The molecule has 0 saturated carbocycles. The van der Waals surface area contributed by atoms with Gasteiger partial charge in [-0.1, -0.05) is 6.07 Å². The molecule has 0 atom stereocenters. The van der Waals surface area contributed by atoms with Crippen molar-refractivity contribution in [3.8, 4) is 5.69 Å². The first-order valence-corrected chi connectivity index (χ1v) is 10.1. The monoisotopic (exact) mass is 413 g/mol. The van der Waals surface area contributed by atoms with Gasteiger partial charge in [-0.2, -0.15) is 5.10 Å². The van der Waals surface area contributed by atoms with Crippen LogP contribution in [0.5, 0.6) is 0 Å². The highest BCUT2D eigenvalue weighted by Gasteiger charge is 2.29. The summed E-state index contributed by atoms with van der Waals surface area (Å²) in [6.07, 6.45) is 1.70. The number of likely N-dealkylation sites (tertiary alicyclic amines) is 1. The molecule has 1 saturated heterocycles. The quantitative estimate of drug-likeness (QED) is 0.659. The summed E-state index contributed by atoms with van der Waals surface area (Å²) in [6.45, 7) is 5.19. The fourth-order valence-electron chi connectivity index (χ4n) is 4.23. The molecular formula is C21H24FN5OS. The van der Waals surface area contributed by atoms with E-state index in [4.69, 9.17) is 12.2 Å². The van der Waals surface area contributed by atoms with Crippen molar-refractivity contribution in [2.24, 2.45) is 7.05 Å². The second-order valence-electron chi connectivity index (χ2n) is 7.61. The fourth-order valence-corrected chi connectivity index (χ4v) is 4.37. The van der Waals surface area contributed by atoms with Crippen LogP contribution in [0.1, 0.15) is 46.3 Å². The minimum Gasteiger partial charge on any atom is -0.339 e. The van der Waals surface area contributed by atoms with Gasteiger partial charge in [0.2, 0.25) is 0 Å². The summed E-state index contributed by atoms with van der Waals surface area (Å²) in [6, 6.07) is 8.32. The number of nitrogens with zero attached hydrogens (tertiary/aromatic N) is 4. The number of hydrogen-bond donors (Lipinski definition) is 1. The number of aromatic nitrogens is 4.